The van der Waals surface area contributed by atoms with Gasteiger partial charge in [-0.15, -0.1) is 5.10 Å². The van der Waals surface area contributed by atoms with Crippen molar-refractivity contribution < 1.29 is 14.3 Å². The molecule has 5 aromatic rings. The molecule has 1 N–H and O–H groups in total. The Bertz CT molecular complexity index is 1470. The van der Waals surface area contributed by atoms with Crippen molar-refractivity contribution in [3.63, 3.8) is 0 Å². The molecule has 0 aliphatic carbocycles. The highest BCUT2D eigenvalue weighted by atomic mass is 32.2. The molecule has 1 amide bonds. The van der Waals surface area contributed by atoms with E-state index in [1.165, 1.54) is 18.9 Å². The van der Waals surface area contributed by atoms with E-state index in [1.807, 2.05) is 48.5 Å². The van der Waals surface area contributed by atoms with E-state index in [1.54, 1.807) is 29.8 Å². The van der Waals surface area contributed by atoms with Crippen LogP contribution in [-0.4, -0.2) is 45.2 Å². The zero-order chi connectivity index (χ0) is 22.8. The van der Waals surface area contributed by atoms with Crippen LogP contribution in [0.2, 0.25) is 0 Å². The van der Waals surface area contributed by atoms with Crippen molar-refractivity contribution in [1.82, 2.24) is 25.0 Å². The van der Waals surface area contributed by atoms with E-state index in [4.69, 9.17) is 14.5 Å². The molecule has 164 valence electrons. The van der Waals surface area contributed by atoms with Gasteiger partial charge in [0.2, 0.25) is 5.65 Å². The molecule has 33 heavy (non-hydrogen) atoms. The summed E-state index contributed by atoms with van der Waals surface area (Å²) in [7, 11) is 3.08. The van der Waals surface area contributed by atoms with Crippen molar-refractivity contribution in [3.05, 3.63) is 72.3 Å². The van der Waals surface area contributed by atoms with Gasteiger partial charge in [0.25, 0.3) is 5.91 Å². The fraction of sp³-hybridized carbons (Fsp3) is 0.0870. The van der Waals surface area contributed by atoms with E-state index in [0.29, 0.717) is 33.4 Å². The molecule has 0 saturated heterocycles. The lowest BCUT2D eigenvalue weighted by Gasteiger charge is -2.10. The number of tetrazole rings is 1. The topological polar surface area (TPSA) is 104 Å². The molecule has 2 heterocycles. The van der Waals surface area contributed by atoms with Crippen molar-refractivity contribution in [2.75, 3.05) is 19.5 Å². The molecule has 9 nitrogen and oxygen atoms in total. The summed E-state index contributed by atoms with van der Waals surface area (Å²) in [5.41, 5.74) is 3.37. The van der Waals surface area contributed by atoms with Crippen molar-refractivity contribution in [1.29, 1.82) is 0 Å². The predicted octanol–water partition coefficient (Wildman–Crippen LogP) is 4.09. The van der Waals surface area contributed by atoms with Gasteiger partial charge < -0.3 is 14.8 Å². The lowest BCUT2D eigenvalue weighted by molar-refractivity contribution is 0.102. The molecule has 5 rings (SSSR count). The fourth-order valence-electron chi connectivity index (χ4n) is 3.35. The number of rotatable bonds is 6. The molecule has 0 atom stereocenters. The first kappa shape index (κ1) is 20.7. The maximum atomic E-state index is 12.7. The summed E-state index contributed by atoms with van der Waals surface area (Å²) in [6.45, 7) is 0. The lowest BCUT2D eigenvalue weighted by atomic mass is 10.2. The van der Waals surface area contributed by atoms with Gasteiger partial charge in [-0.1, -0.05) is 23.9 Å². The molecule has 0 spiro atoms. The second-order valence-corrected chi connectivity index (χ2v) is 8.03. The Hall–Kier alpha value is -4.18. The predicted molar refractivity (Wildman–Crippen MR) is 124 cm³/mol. The SMILES string of the molecule is COc1ccc(C(=O)Nc2ccc(Sc3nc4ccccc4n4nnnc34)cc2)cc1OC. The first-order valence-electron chi connectivity index (χ1n) is 9.94. The number of carbonyl (C=O) groups is 1. The van der Waals surface area contributed by atoms with Crippen LogP contribution < -0.4 is 14.8 Å². The number of methoxy groups -OCH3 is 2. The molecular weight excluding hydrogens is 440 g/mol. The summed E-state index contributed by atoms with van der Waals surface area (Å²) >= 11 is 1.45. The van der Waals surface area contributed by atoms with Gasteiger partial charge in [-0.05, 0) is 65.0 Å². The number of fused-ring (bicyclic) bond motifs is 3. The molecule has 3 aromatic carbocycles. The average Bonchev–Trinajstić information content (AvgIpc) is 3.35. The third-order valence-corrected chi connectivity index (χ3v) is 5.94. The number of aromatic nitrogens is 5. The summed E-state index contributed by atoms with van der Waals surface area (Å²) in [4.78, 5) is 18.3. The minimum absolute atomic E-state index is 0.246. The number of benzene rings is 3. The van der Waals surface area contributed by atoms with Crippen LogP contribution in [-0.2, 0) is 0 Å². The Morgan fingerprint density at radius 2 is 1.76 bits per heavy atom. The van der Waals surface area contributed by atoms with E-state index in [0.717, 1.165) is 15.9 Å². The molecule has 0 aliphatic heterocycles. The van der Waals surface area contributed by atoms with Crippen LogP contribution in [0.3, 0.4) is 0 Å². The van der Waals surface area contributed by atoms with E-state index in [-0.39, 0.29) is 5.91 Å². The Morgan fingerprint density at radius 3 is 2.55 bits per heavy atom. The van der Waals surface area contributed by atoms with Gasteiger partial charge in [0.05, 0.1) is 25.3 Å². The smallest absolute Gasteiger partial charge is 0.255 e. The quantitative estimate of drug-likeness (QED) is 0.406. The van der Waals surface area contributed by atoms with Crippen molar-refractivity contribution in [2.24, 2.45) is 0 Å². The van der Waals surface area contributed by atoms with Gasteiger partial charge in [-0.2, -0.15) is 4.52 Å². The number of amides is 1. The molecule has 2 aromatic heterocycles. The lowest BCUT2D eigenvalue weighted by Crippen LogP contribution is -2.12. The summed E-state index contributed by atoms with van der Waals surface area (Å²) in [6.07, 6.45) is 0. The van der Waals surface area contributed by atoms with Crippen LogP contribution in [0.1, 0.15) is 10.4 Å². The first-order chi connectivity index (χ1) is 16.2. The van der Waals surface area contributed by atoms with Gasteiger partial charge in [0.1, 0.15) is 5.03 Å². The molecule has 0 unspecified atom stereocenters. The van der Waals surface area contributed by atoms with Crippen LogP contribution in [0.25, 0.3) is 16.7 Å². The molecule has 0 bridgehead atoms. The van der Waals surface area contributed by atoms with Crippen LogP contribution in [0, 0.1) is 0 Å². The van der Waals surface area contributed by atoms with Gasteiger partial charge >= 0.3 is 0 Å². The van der Waals surface area contributed by atoms with E-state index < -0.39 is 0 Å². The zero-order valence-corrected chi connectivity index (χ0v) is 18.5. The number of carbonyl (C=O) groups excluding carboxylic acids is 1. The second-order valence-electron chi connectivity index (χ2n) is 6.97. The fourth-order valence-corrected chi connectivity index (χ4v) is 4.21. The van der Waals surface area contributed by atoms with Crippen molar-refractivity contribution >= 4 is 40.0 Å². The zero-order valence-electron chi connectivity index (χ0n) is 17.7. The minimum Gasteiger partial charge on any atom is -0.493 e. The molecule has 0 saturated carbocycles. The number of hydrogen-bond donors (Lipinski definition) is 1. The number of ether oxygens (including phenoxy) is 2. The summed E-state index contributed by atoms with van der Waals surface area (Å²) < 4.78 is 12.2. The number of nitrogens with one attached hydrogen (secondary N) is 1. The number of para-hydroxylation sites is 2. The van der Waals surface area contributed by atoms with Crippen LogP contribution in [0.4, 0.5) is 5.69 Å². The molecule has 0 radical (unpaired) electrons. The van der Waals surface area contributed by atoms with Crippen LogP contribution in [0.5, 0.6) is 11.5 Å². The number of nitrogens with zero attached hydrogens (tertiary/aromatic N) is 5. The average molecular weight is 459 g/mol. The summed E-state index contributed by atoms with van der Waals surface area (Å²) in [5, 5.41) is 15.6. The normalized spacial score (nSPS) is 11.0. The molecule has 10 heteroatoms. The second kappa shape index (κ2) is 8.75. The maximum Gasteiger partial charge on any atom is 0.255 e. The van der Waals surface area contributed by atoms with Gasteiger partial charge in [0.15, 0.2) is 11.5 Å². The molecular formula is C23H18N6O3S. The standard InChI is InChI=1S/C23H18N6O3S/c1-31-19-12-7-14(13-20(19)32-2)22(30)24-15-8-10-16(11-9-15)33-23-21-26-27-28-29(21)18-6-4-3-5-17(18)25-23/h3-13H,1-2H3,(H,24,30). The van der Waals surface area contributed by atoms with Gasteiger partial charge in [-0.3, -0.25) is 4.79 Å². The Morgan fingerprint density at radius 1 is 0.970 bits per heavy atom. The monoisotopic (exact) mass is 458 g/mol. The Labute approximate surface area is 192 Å². The summed E-state index contributed by atoms with van der Waals surface area (Å²) in [5.74, 6) is 0.813. The minimum atomic E-state index is -0.246. The van der Waals surface area contributed by atoms with E-state index in [9.17, 15) is 4.79 Å². The van der Waals surface area contributed by atoms with E-state index in [2.05, 4.69) is 20.8 Å². The van der Waals surface area contributed by atoms with Gasteiger partial charge in [0, 0.05) is 16.1 Å². The van der Waals surface area contributed by atoms with Gasteiger partial charge in [-0.25, -0.2) is 4.98 Å². The molecule has 0 fully saturated rings. The van der Waals surface area contributed by atoms with Crippen molar-refractivity contribution in [2.45, 2.75) is 9.92 Å². The third kappa shape index (κ3) is 4.03. The highest BCUT2D eigenvalue weighted by Gasteiger charge is 2.14. The van der Waals surface area contributed by atoms with Crippen LogP contribution in [0.15, 0.2) is 76.7 Å². The third-order valence-electron chi connectivity index (χ3n) is 4.97. The highest BCUT2D eigenvalue weighted by Crippen LogP contribution is 2.31. The largest absolute Gasteiger partial charge is 0.493 e. The van der Waals surface area contributed by atoms with Crippen molar-refractivity contribution in [3.8, 4) is 11.5 Å². The van der Waals surface area contributed by atoms with E-state index >= 15 is 0 Å². The Kier molecular flexibility index (Phi) is 5.49. The van der Waals surface area contributed by atoms with Crippen LogP contribution >= 0.6 is 11.8 Å². The first-order valence-corrected chi connectivity index (χ1v) is 10.8. The number of hydrogen-bond acceptors (Lipinski definition) is 8. The Balaban J connectivity index is 1.35. The number of anilines is 1. The maximum absolute atomic E-state index is 12.7. The summed E-state index contributed by atoms with van der Waals surface area (Å²) in [6, 6.07) is 20.2. The highest BCUT2D eigenvalue weighted by molar-refractivity contribution is 7.99. The molecule has 0 aliphatic rings.